The largest absolute Gasteiger partial charge is 0.493 e. The van der Waals surface area contributed by atoms with Crippen molar-refractivity contribution in [1.29, 1.82) is 0 Å². The van der Waals surface area contributed by atoms with E-state index in [4.69, 9.17) is 9.47 Å². The molecule has 5 heteroatoms. The highest BCUT2D eigenvalue weighted by Crippen LogP contribution is 2.30. The van der Waals surface area contributed by atoms with E-state index in [-0.39, 0.29) is 18.1 Å². The van der Waals surface area contributed by atoms with Gasteiger partial charge >= 0.3 is 5.97 Å². The van der Waals surface area contributed by atoms with Crippen LogP contribution in [0.5, 0.6) is 11.5 Å². The molecule has 0 unspecified atom stereocenters. The second-order valence-corrected chi connectivity index (χ2v) is 6.94. The molecule has 0 spiro atoms. The smallest absolute Gasteiger partial charge is 0.331 e. The van der Waals surface area contributed by atoms with E-state index in [9.17, 15) is 9.59 Å². The van der Waals surface area contributed by atoms with Gasteiger partial charge in [-0.3, -0.25) is 4.79 Å². The van der Waals surface area contributed by atoms with E-state index in [2.05, 4.69) is 6.07 Å². The Kier molecular flexibility index (Phi) is 5.35. The fourth-order valence-corrected chi connectivity index (χ4v) is 3.48. The summed E-state index contributed by atoms with van der Waals surface area (Å²) in [5.74, 6) is 0.113. The van der Waals surface area contributed by atoms with Gasteiger partial charge in [-0.05, 0) is 42.8 Å². The van der Waals surface area contributed by atoms with Crippen LogP contribution in [-0.4, -0.2) is 23.4 Å². The van der Waals surface area contributed by atoms with Crippen molar-refractivity contribution in [3.8, 4) is 22.8 Å². The molecule has 0 N–H and O–H groups in total. The van der Waals surface area contributed by atoms with Crippen LogP contribution in [0.3, 0.4) is 0 Å². The predicted molar refractivity (Wildman–Crippen MR) is 116 cm³/mol. The van der Waals surface area contributed by atoms with Gasteiger partial charge in [0.15, 0.2) is 17.3 Å². The molecule has 1 aromatic heterocycles. The predicted octanol–water partition coefficient (Wildman–Crippen LogP) is 5.13. The van der Waals surface area contributed by atoms with E-state index in [1.165, 1.54) is 14.0 Å². The van der Waals surface area contributed by atoms with Crippen LogP contribution in [0.15, 0.2) is 78.9 Å². The number of esters is 1. The number of fused-ring (bicyclic) bond motifs is 1. The average molecular weight is 399 g/mol. The average Bonchev–Trinajstić information content (AvgIpc) is 3.13. The molecule has 0 fully saturated rings. The SMILES string of the molecule is COc1cc(C(C)=O)ccc1OC(=O)Cn1c(-c2ccccc2)cc2ccccc21. The molecule has 0 bridgehead atoms. The van der Waals surface area contributed by atoms with Crippen LogP contribution in [-0.2, 0) is 11.3 Å². The number of carbonyl (C=O) groups is 2. The van der Waals surface area contributed by atoms with Crippen molar-refractivity contribution in [2.24, 2.45) is 0 Å². The van der Waals surface area contributed by atoms with Crippen LogP contribution >= 0.6 is 0 Å². The van der Waals surface area contributed by atoms with Crippen molar-refractivity contribution < 1.29 is 19.1 Å². The summed E-state index contributed by atoms with van der Waals surface area (Å²) in [5, 5.41) is 1.05. The van der Waals surface area contributed by atoms with Gasteiger partial charge in [-0.25, -0.2) is 4.79 Å². The van der Waals surface area contributed by atoms with Crippen molar-refractivity contribution in [3.63, 3.8) is 0 Å². The Morgan fingerprint density at radius 3 is 2.33 bits per heavy atom. The van der Waals surface area contributed by atoms with Crippen molar-refractivity contribution in [2.75, 3.05) is 7.11 Å². The molecular weight excluding hydrogens is 378 g/mol. The summed E-state index contributed by atoms with van der Waals surface area (Å²) < 4.78 is 12.8. The summed E-state index contributed by atoms with van der Waals surface area (Å²) in [6, 6.07) is 24.7. The summed E-state index contributed by atoms with van der Waals surface area (Å²) in [4.78, 5) is 24.4. The molecule has 4 aromatic rings. The molecular formula is C25H21NO4. The summed E-state index contributed by atoms with van der Waals surface area (Å²) in [5.41, 5.74) is 3.40. The number of nitrogens with zero attached hydrogens (tertiary/aromatic N) is 1. The quantitative estimate of drug-likeness (QED) is 0.256. The minimum Gasteiger partial charge on any atom is -0.493 e. The lowest BCUT2D eigenvalue weighted by Gasteiger charge is -2.13. The molecule has 4 rings (SSSR count). The van der Waals surface area contributed by atoms with Gasteiger partial charge in [-0.1, -0.05) is 48.5 Å². The normalized spacial score (nSPS) is 10.7. The highest BCUT2D eigenvalue weighted by Gasteiger charge is 2.17. The van der Waals surface area contributed by atoms with Crippen LogP contribution in [0, 0.1) is 0 Å². The zero-order valence-corrected chi connectivity index (χ0v) is 16.8. The second kappa shape index (κ2) is 8.25. The first-order chi connectivity index (χ1) is 14.6. The van der Waals surface area contributed by atoms with Crippen molar-refractivity contribution in [1.82, 2.24) is 4.57 Å². The van der Waals surface area contributed by atoms with Gasteiger partial charge in [0.1, 0.15) is 6.54 Å². The zero-order chi connectivity index (χ0) is 21.1. The standard InChI is InChI=1S/C25H21NO4/c1-17(27)19-12-13-23(24(15-19)29-2)30-25(28)16-26-21-11-7-6-10-20(21)14-22(26)18-8-4-3-5-9-18/h3-15H,16H2,1-2H3. The maximum Gasteiger partial charge on any atom is 0.331 e. The van der Waals surface area contributed by atoms with E-state index in [1.807, 2.05) is 59.2 Å². The van der Waals surface area contributed by atoms with Gasteiger partial charge in [-0.15, -0.1) is 0 Å². The lowest BCUT2D eigenvalue weighted by molar-refractivity contribution is -0.135. The highest BCUT2D eigenvalue weighted by molar-refractivity contribution is 5.95. The third-order valence-corrected chi connectivity index (χ3v) is 4.96. The Morgan fingerprint density at radius 1 is 0.867 bits per heavy atom. The Labute approximate surface area is 174 Å². The van der Waals surface area contributed by atoms with E-state index in [1.54, 1.807) is 18.2 Å². The van der Waals surface area contributed by atoms with Crippen LogP contribution in [0.25, 0.3) is 22.2 Å². The third kappa shape index (κ3) is 3.82. The van der Waals surface area contributed by atoms with Gasteiger partial charge in [-0.2, -0.15) is 0 Å². The Hall–Kier alpha value is -3.86. The van der Waals surface area contributed by atoms with Gasteiger partial charge in [0.05, 0.1) is 7.11 Å². The summed E-state index contributed by atoms with van der Waals surface area (Å²) in [6.07, 6.45) is 0. The molecule has 0 saturated heterocycles. The van der Waals surface area contributed by atoms with Crippen molar-refractivity contribution >= 4 is 22.7 Å². The fraction of sp³-hybridized carbons (Fsp3) is 0.120. The monoisotopic (exact) mass is 399 g/mol. The minimum atomic E-state index is -0.428. The Balaban J connectivity index is 1.66. The molecule has 0 aliphatic heterocycles. The topological polar surface area (TPSA) is 57.5 Å². The Morgan fingerprint density at radius 2 is 1.60 bits per heavy atom. The molecule has 150 valence electrons. The minimum absolute atomic E-state index is 0.0371. The molecule has 0 atom stereocenters. The molecule has 0 saturated carbocycles. The van der Waals surface area contributed by atoms with Gasteiger partial charge in [0.25, 0.3) is 0 Å². The molecule has 0 radical (unpaired) electrons. The van der Waals surface area contributed by atoms with Crippen LogP contribution in [0.1, 0.15) is 17.3 Å². The lowest BCUT2D eigenvalue weighted by Crippen LogP contribution is -2.17. The van der Waals surface area contributed by atoms with E-state index < -0.39 is 5.97 Å². The number of benzene rings is 3. The molecule has 5 nitrogen and oxygen atoms in total. The summed E-state index contributed by atoms with van der Waals surface area (Å²) in [7, 11) is 1.48. The first-order valence-corrected chi connectivity index (χ1v) is 9.60. The number of methoxy groups -OCH3 is 1. The van der Waals surface area contributed by atoms with E-state index >= 15 is 0 Å². The molecule has 0 amide bonds. The number of ether oxygens (including phenoxy) is 2. The maximum atomic E-state index is 12.8. The lowest BCUT2D eigenvalue weighted by atomic mass is 10.1. The van der Waals surface area contributed by atoms with Crippen molar-refractivity contribution in [2.45, 2.75) is 13.5 Å². The summed E-state index contributed by atoms with van der Waals surface area (Å²) >= 11 is 0. The number of hydrogen-bond donors (Lipinski definition) is 0. The van der Waals surface area contributed by atoms with Gasteiger partial charge in [0.2, 0.25) is 0 Å². The van der Waals surface area contributed by atoms with Crippen LogP contribution in [0.4, 0.5) is 0 Å². The summed E-state index contributed by atoms with van der Waals surface area (Å²) in [6.45, 7) is 1.51. The van der Waals surface area contributed by atoms with Crippen molar-refractivity contribution in [3.05, 3.63) is 84.4 Å². The van der Waals surface area contributed by atoms with E-state index in [0.717, 1.165) is 22.2 Å². The van der Waals surface area contributed by atoms with Gasteiger partial charge < -0.3 is 14.0 Å². The zero-order valence-electron chi connectivity index (χ0n) is 16.8. The first kappa shape index (κ1) is 19.5. The number of ketones is 1. The molecule has 30 heavy (non-hydrogen) atoms. The number of carbonyl (C=O) groups excluding carboxylic acids is 2. The number of rotatable bonds is 6. The van der Waals surface area contributed by atoms with E-state index in [0.29, 0.717) is 11.3 Å². The number of Topliss-reactive ketones (excluding diaryl/α,β-unsaturated/α-hetero) is 1. The van der Waals surface area contributed by atoms with Gasteiger partial charge in [0, 0.05) is 22.2 Å². The van der Waals surface area contributed by atoms with Crippen LogP contribution in [0.2, 0.25) is 0 Å². The van der Waals surface area contributed by atoms with Crippen LogP contribution < -0.4 is 9.47 Å². The Bertz CT molecular complexity index is 1220. The molecule has 1 heterocycles. The molecule has 3 aromatic carbocycles. The highest BCUT2D eigenvalue weighted by atomic mass is 16.6. The number of hydrogen-bond acceptors (Lipinski definition) is 4. The first-order valence-electron chi connectivity index (χ1n) is 9.60. The number of para-hydroxylation sites is 1. The molecule has 0 aliphatic rings. The fourth-order valence-electron chi connectivity index (χ4n) is 3.48. The maximum absolute atomic E-state index is 12.8. The second-order valence-electron chi connectivity index (χ2n) is 6.94. The molecule has 0 aliphatic carbocycles. The third-order valence-electron chi connectivity index (χ3n) is 4.96. The number of aromatic nitrogens is 1.